The van der Waals surface area contributed by atoms with Crippen molar-refractivity contribution in [3.8, 4) is 11.3 Å². The van der Waals surface area contributed by atoms with Crippen LogP contribution in [0.2, 0.25) is 0 Å². The summed E-state index contributed by atoms with van der Waals surface area (Å²) in [5.74, 6) is 5.66. The molecule has 1 heterocycles. The lowest BCUT2D eigenvalue weighted by molar-refractivity contribution is 0.102. The third-order valence-corrected chi connectivity index (χ3v) is 6.25. The van der Waals surface area contributed by atoms with Gasteiger partial charge in [-0.05, 0) is 76.0 Å². The van der Waals surface area contributed by atoms with Crippen LogP contribution >= 0.6 is 0 Å². The number of nitrogens with two attached hydrogens (primary N) is 1. The molecule has 3 N–H and O–H groups in total. The molecule has 4 aromatic carbocycles. The van der Waals surface area contributed by atoms with E-state index in [-0.39, 0.29) is 5.91 Å². The van der Waals surface area contributed by atoms with Crippen molar-refractivity contribution >= 4 is 39.4 Å². The number of amides is 1. The molecule has 0 radical (unpaired) electrons. The number of nitrogens with one attached hydrogen (secondary N) is 1. The Labute approximate surface area is 210 Å². The zero-order valence-electron chi connectivity index (χ0n) is 20.4. The summed E-state index contributed by atoms with van der Waals surface area (Å²) < 4.78 is 0. The van der Waals surface area contributed by atoms with E-state index < -0.39 is 0 Å². The normalized spacial score (nSPS) is 11.5. The molecule has 36 heavy (non-hydrogen) atoms. The lowest BCUT2D eigenvalue weighted by atomic mass is 9.95. The Morgan fingerprint density at radius 3 is 2.53 bits per heavy atom. The zero-order chi connectivity index (χ0) is 25.1. The maximum absolute atomic E-state index is 13.0. The van der Waals surface area contributed by atoms with Crippen molar-refractivity contribution in [2.45, 2.75) is 20.3 Å². The first-order valence-corrected chi connectivity index (χ1v) is 12.1. The van der Waals surface area contributed by atoms with Gasteiger partial charge in [0.05, 0.1) is 11.9 Å². The maximum atomic E-state index is 13.0. The lowest BCUT2D eigenvalue weighted by Gasteiger charge is -2.12. The molecule has 1 amide bonds. The summed E-state index contributed by atoms with van der Waals surface area (Å²) in [4.78, 5) is 17.8. The van der Waals surface area contributed by atoms with Gasteiger partial charge < -0.3 is 11.2 Å². The molecule has 5 heteroatoms. The van der Waals surface area contributed by atoms with E-state index in [9.17, 15) is 4.79 Å². The fraction of sp³-hybridized carbons (Fsp3) is 0.129. The zero-order valence-corrected chi connectivity index (χ0v) is 20.4. The first-order chi connectivity index (χ1) is 17.5. The molecule has 0 bridgehead atoms. The third kappa shape index (κ3) is 4.96. The standard InChI is InChI=1S/C31H28N4O/c1-20(2)13-24-5-3-4-6-29(24)30-17-27-16-28(12-11-26(27)19-33-30)35-31(36)25-10-9-22-14-21(18-34-32)7-8-23(22)15-25/h3-12,14-20H,13,32H2,1-2H3,(H,35,36). The van der Waals surface area contributed by atoms with E-state index in [1.807, 2.05) is 60.8 Å². The summed E-state index contributed by atoms with van der Waals surface area (Å²) >= 11 is 0. The highest BCUT2D eigenvalue weighted by atomic mass is 16.1. The summed E-state index contributed by atoms with van der Waals surface area (Å²) in [7, 11) is 0. The molecule has 0 saturated carbocycles. The van der Waals surface area contributed by atoms with Gasteiger partial charge in [0.1, 0.15) is 0 Å². The molecule has 0 spiro atoms. The Kier molecular flexibility index (Phi) is 6.46. The van der Waals surface area contributed by atoms with Crippen molar-refractivity contribution < 1.29 is 4.79 Å². The number of pyridine rings is 1. The average molecular weight is 473 g/mol. The number of fused-ring (bicyclic) bond motifs is 2. The van der Waals surface area contributed by atoms with Crippen molar-refractivity contribution in [3.05, 3.63) is 108 Å². The van der Waals surface area contributed by atoms with Crippen LogP contribution in [0.5, 0.6) is 0 Å². The Balaban J connectivity index is 1.42. The molecule has 0 atom stereocenters. The first kappa shape index (κ1) is 23.2. The van der Waals surface area contributed by atoms with Crippen molar-refractivity contribution in [3.63, 3.8) is 0 Å². The van der Waals surface area contributed by atoms with Crippen LogP contribution in [0, 0.1) is 5.92 Å². The minimum Gasteiger partial charge on any atom is -0.323 e. The smallest absolute Gasteiger partial charge is 0.255 e. The second-order valence-corrected chi connectivity index (χ2v) is 9.44. The number of carbonyl (C=O) groups is 1. The van der Waals surface area contributed by atoms with E-state index in [0.717, 1.165) is 50.5 Å². The molecule has 0 aliphatic heterocycles. The van der Waals surface area contributed by atoms with E-state index in [2.05, 4.69) is 54.6 Å². The largest absolute Gasteiger partial charge is 0.323 e. The molecule has 178 valence electrons. The monoisotopic (exact) mass is 472 g/mol. The summed E-state index contributed by atoms with van der Waals surface area (Å²) in [6.45, 7) is 4.45. The molecular weight excluding hydrogens is 444 g/mol. The van der Waals surface area contributed by atoms with E-state index in [1.165, 1.54) is 5.56 Å². The predicted molar refractivity (Wildman–Crippen MR) is 149 cm³/mol. The minimum atomic E-state index is -0.152. The SMILES string of the molecule is CC(C)Cc1ccccc1-c1cc2cc(NC(=O)c3ccc4cc(C=NN)ccc4c3)ccc2cn1. The number of aromatic nitrogens is 1. The first-order valence-electron chi connectivity index (χ1n) is 12.1. The summed E-state index contributed by atoms with van der Waals surface area (Å²) in [5.41, 5.74) is 5.65. The number of benzene rings is 4. The second-order valence-electron chi connectivity index (χ2n) is 9.44. The van der Waals surface area contributed by atoms with Gasteiger partial charge in [0.2, 0.25) is 0 Å². The summed E-state index contributed by atoms with van der Waals surface area (Å²) in [6, 6.07) is 28.0. The van der Waals surface area contributed by atoms with Gasteiger partial charge in [-0.25, -0.2) is 0 Å². The number of hydrogen-bond acceptors (Lipinski definition) is 4. The third-order valence-electron chi connectivity index (χ3n) is 6.25. The highest BCUT2D eigenvalue weighted by Gasteiger charge is 2.11. The van der Waals surface area contributed by atoms with Crippen molar-refractivity contribution in [1.29, 1.82) is 0 Å². The number of carbonyl (C=O) groups excluding carboxylic acids is 1. The quantitative estimate of drug-likeness (QED) is 0.162. The van der Waals surface area contributed by atoms with Crippen LogP contribution in [0.4, 0.5) is 5.69 Å². The fourth-order valence-corrected chi connectivity index (χ4v) is 4.53. The molecular formula is C31H28N4O. The molecule has 5 nitrogen and oxygen atoms in total. The van der Waals surface area contributed by atoms with Crippen LogP contribution in [-0.2, 0) is 6.42 Å². The van der Waals surface area contributed by atoms with Gasteiger partial charge in [0.15, 0.2) is 0 Å². The molecule has 5 aromatic rings. The van der Waals surface area contributed by atoms with Gasteiger partial charge in [-0.15, -0.1) is 0 Å². The highest BCUT2D eigenvalue weighted by Crippen LogP contribution is 2.28. The molecule has 0 aliphatic carbocycles. The van der Waals surface area contributed by atoms with E-state index in [1.54, 1.807) is 6.21 Å². The summed E-state index contributed by atoms with van der Waals surface area (Å²) in [5, 5.41) is 10.7. The topological polar surface area (TPSA) is 80.4 Å². The molecule has 0 fully saturated rings. The van der Waals surface area contributed by atoms with Crippen molar-refractivity contribution in [1.82, 2.24) is 4.98 Å². The van der Waals surface area contributed by atoms with Crippen molar-refractivity contribution in [2.24, 2.45) is 16.9 Å². The minimum absolute atomic E-state index is 0.152. The molecule has 5 rings (SSSR count). The Bertz CT molecular complexity index is 1600. The molecule has 0 saturated heterocycles. The average Bonchev–Trinajstić information content (AvgIpc) is 2.88. The van der Waals surface area contributed by atoms with Crippen LogP contribution < -0.4 is 11.2 Å². The lowest BCUT2D eigenvalue weighted by Crippen LogP contribution is -2.11. The predicted octanol–water partition coefficient (Wildman–Crippen LogP) is 6.80. The van der Waals surface area contributed by atoms with Crippen LogP contribution in [0.3, 0.4) is 0 Å². The molecule has 0 unspecified atom stereocenters. The van der Waals surface area contributed by atoms with Gasteiger partial charge >= 0.3 is 0 Å². The van der Waals surface area contributed by atoms with E-state index in [0.29, 0.717) is 11.5 Å². The van der Waals surface area contributed by atoms with Crippen molar-refractivity contribution in [2.75, 3.05) is 5.32 Å². The van der Waals surface area contributed by atoms with Crippen LogP contribution in [-0.4, -0.2) is 17.1 Å². The van der Waals surface area contributed by atoms with E-state index in [4.69, 9.17) is 10.8 Å². The van der Waals surface area contributed by atoms with E-state index >= 15 is 0 Å². The fourth-order valence-electron chi connectivity index (χ4n) is 4.53. The number of nitrogens with zero attached hydrogens (tertiary/aromatic N) is 2. The summed E-state index contributed by atoms with van der Waals surface area (Å²) in [6.07, 6.45) is 4.50. The maximum Gasteiger partial charge on any atom is 0.255 e. The van der Waals surface area contributed by atoms with Gasteiger partial charge in [0, 0.05) is 28.4 Å². The van der Waals surface area contributed by atoms with Gasteiger partial charge in [0.25, 0.3) is 5.91 Å². The Hall–Kier alpha value is -4.51. The van der Waals surface area contributed by atoms with Gasteiger partial charge in [-0.2, -0.15) is 5.10 Å². The van der Waals surface area contributed by atoms with Gasteiger partial charge in [-0.1, -0.05) is 62.4 Å². The highest BCUT2D eigenvalue weighted by molar-refractivity contribution is 6.07. The Morgan fingerprint density at radius 1 is 0.917 bits per heavy atom. The van der Waals surface area contributed by atoms with Gasteiger partial charge in [-0.3, -0.25) is 9.78 Å². The molecule has 1 aromatic heterocycles. The molecule has 0 aliphatic rings. The number of anilines is 1. The van der Waals surface area contributed by atoms with Crippen LogP contribution in [0.25, 0.3) is 32.8 Å². The number of hydrazone groups is 1. The Morgan fingerprint density at radius 2 is 1.69 bits per heavy atom. The second kappa shape index (κ2) is 10.0. The number of hydrogen-bond donors (Lipinski definition) is 2. The van der Waals surface area contributed by atoms with Crippen LogP contribution in [0.1, 0.15) is 35.3 Å². The van der Waals surface area contributed by atoms with Crippen LogP contribution in [0.15, 0.2) is 96.2 Å². The number of rotatable bonds is 6.